The number of fused-ring (bicyclic) bond motifs is 4. The number of nitrogens with zero attached hydrogens (tertiary/aromatic N) is 4. The van der Waals surface area contributed by atoms with Gasteiger partial charge in [-0.15, -0.1) is 0 Å². The summed E-state index contributed by atoms with van der Waals surface area (Å²) >= 11 is 0. The summed E-state index contributed by atoms with van der Waals surface area (Å²) in [5.74, 6) is 0.206. The van der Waals surface area contributed by atoms with E-state index in [2.05, 4.69) is 68.1 Å². The van der Waals surface area contributed by atoms with E-state index in [1.165, 1.54) is 21.8 Å². The molecule has 0 radical (unpaired) electrons. The van der Waals surface area contributed by atoms with Crippen molar-refractivity contribution in [2.75, 3.05) is 20.6 Å². The van der Waals surface area contributed by atoms with E-state index in [1.807, 2.05) is 20.2 Å². The minimum atomic E-state index is -3.62. The molecule has 38 heavy (non-hydrogen) atoms. The summed E-state index contributed by atoms with van der Waals surface area (Å²) in [6.07, 6.45) is 1.20. The summed E-state index contributed by atoms with van der Waals surface area (Å²) in [4.78, 5) is 19.9. The number of aromatic nitrogens is 3. The number of hydrogen-bond acceptors (Lipinski definition) is 5. The van der Waals surface area contributed by atoms with E-state index in [-0.39, 0.29) is 5.56 Å². The highest BCUT2D eigenvalue weighted by atomic mass is 32.2. The Bertz CT molecular complexity index is 1810. The van der Waals surface area contributed by atoms with Gasteiger partial charge in [-0.25, -0.2) is 18.1 Å². The van der Waals surface area contributed by atoms with Crippen LogP contribution in [0.5, 0.6) is 0 Å². The van der Waals surface area contributed by atoms with Gasteiger partial charge >= 0.3 is 0 Å². The van der Waals surface area contributed by atoms with Crippen LogP contribution >= 0.6 is 0 Å². The lowest BCUT2D eigenvalue weighted by atomic mass is 10.1. The van der Waals surface area contributed by atoms with Gasteiger partial charge in [0.1, 0.15) is 5.82 Å². The van der Waals surface area contributed by atoms with Gasteiger partial charge in [0.15, 0.2) is 0 Å². The maximum absolute atomic E-state index is 12.8. The summed E-state index contributed by atoms with van der Waals surface area (Å²) in [6, 6.07) is 20.1. The van der Waals surface area contributed by atoms with Crippen LogP contribution in [0.15, 0.2) is 60.7 Å². The molecule has 2 aromatic heterocycles. The fourth-order valence-corrected chi connectivity index (χ4v) is 6.50. The second kappa shape index (κ2) is 9.25. The van der Waals surface area contributed by atoms with E-state index < -0.39 is 21.2 Å². The van der Waals surface area contributed by atoms with Gasteiger partial charge in [-0.05, 0) is 76.3 Å². The Labute approximate surface area is 221 Å². The Kier molecular flexibility index (Phi) is 6.00. The highest BCUT2D eigenvalue weighted by Gasteiger charge is 2.37. The third-order valence-electron chi connectivity index (χ3n) is 7.33. The Balaban J connectivity index is 1.47. The summed E-state index contributed by atoms with van der Waals surface area (Å²) < 4.78 is 31.3. The number of rotatable bonds is 8. The zero-order chi connectivity index (χ0) is 26.6. The monoisotopic (exact) mass is 529 g/mol. The van der Waals surface area contributed by atoms with E-state index in [4.69, 9.17) is 4.98 Å². The molecule has 0 aliphatic heterocycles. The smallest absolute Gasteiger partial charge is 0.264 e. The van der Waals surface area contributed by atoms with Crippen LogP contribution in [0, 0.1) is 0 Å². The fourth-order valence-electron chi connectivity index (χ4n) is 5.20. The maximum Gasteiger partial charge on any atom is 0.264 e. The first-order chi connectivity index (χ1) is 18.3. The van der Waals surface area contributed by atoms with Crippen LogP contribution in [-0.4, -0.2) is 59.2 Å². The van der Waals surface area contributed by atoms with Gasteiger partial charge < -0.3 is 14.0 Å². The molecule has 5 aromatic rings. The largest absolute Gasteiger partial charge is 0.341 e. The van der Waals surface area contributed by atoms with Crippen molar-refractivity contribution in [3.8, 4) is 11.4 Å². The molecular weight excluding hydrogens is 498 g/mol. The third-order valence-corrected chi connectivity index (χ3v) is 9.15. The van der Waals surface area contributed by atoms with Crippen LogP contribution in [-0.2, 0) is 23.1 Å². The van der Waals surface area contributed by atoms with Crippen LogP contribution in [0.4, 0.5) is 0 Å². The predicted molar refractivity (Wildman–Crippen MR) is 152 cm³/mol. The standard InChI is InChI=1S/C29H31N5O3S/c1-4-33-25-8-6-5-7-22(25)23-17-19(9-13-26(23)33)28-30-24-18-20(29(35)31-38(36,37)21-11-12-21)10-14-27(24)34(28)16-15-32(2)3/h5-10,13-14,17-18,21H,4,11-12,15-16H2,1-3H3,(H,31,35). The number of imidazole rings is 1. The molecule has 6 rings (SSSR count). The highest BCUT2D eigenvalue weighted by Crippen LogP contribution is 2.34. The van der Waals surface area contributed by atoms with Gasteiger partial charge in [0, 0.05) is 52.6 Å². The Hall–Kier alpha value is -3.69. The van der Waals surface area contributed by atoms with E-state index >= 15 is 0 Å². The van der Waals surface area contributed by atoms with Crippen LogP contribution in [0.25, 0.3) is 44.2 Å². The number of aryl methyl sites for hydroxylation is 1. The number of likely N-dealkylation sites (N-methyl/N-ethyl adjacent to an activating group) is 1. The quantitative estimate of drug-likeness (QED) is 0.317. The van der Waals surface area contributed by atoms with E-state index in [9.17, 15) is 13.2 Å². The molecule has 1 saturated carbocycles. The molecule has 0 bridgehead atoms. The number of sulfonamides is 1. The van der Waals surface area contributed by atoms with E-state index in [0.717, 1.165) is 36.5 Å². The number of carbonyl (C=O) groups is 1. The van der Waals surface area contributed by atoms with Crippen molar-refractivity contribution in [1.82, 2.24) is 23.7 Å². The summed E-state index contributed by atoms with van der Waals surface area (Å²) in [6.45, 7) is 4.57. The second-order valence-electron chi connectivity index (χ2n) is 10.3. The average Bonchev–Trinajstić information content (AvgIpc) is 3.64. The van der Waals surface area contributed by atoms with Crippen LogP contribution in [0.2, 0.25) is 0 Å². The molecular formula is C29H31N5O3S. The topological polar surface area (TPSA) is 89.2 Å². The summed E-state index contributed by atoms with van der Waals surface area (Å²) in [5.41, 5.74) is 5.23. The van der Waals surface area contributed by atoms with Crippen molar-refractivity contribution < 1.29 is 13.2 Å². The molecule has 1 amide bonds. The molecule has 0 saturated heterocycles. The molecule has 0 atom stereocenters. The van der Waals surface area contributed by atoms with E-state index in [1.54, 1.807) is 12.1 Å². The van der Waals surface area contributed by atoms with Crippen LogP contribution in [0.1, 0.15) is 30.1 Å². The van der Waals surface area contributed by atoms with Crippen LogP contribution in [0.3, 0.4) is 0 Å². The number of benzene rings is 3. The van der Waals surface area contributed by atoms with Gasteiger partial charge in [-0.3, -0.25) is 4.79 Å². The number of carbonyl (C=O) groups excluding carboxylic acids is 1. The maximum atomic E-state index is 12.8. The summed E-state index contributed by atoms with van der Waals surface area (Å²) in [5, 5.41) is 1.93. The normalized spacial score (nSPS) is 14.2. The Morgan fingerprint density at radius 2 is 1.71 bits per heavy atom. The zero-order valence-electron chi connectivity index (χ0n) is 21.8. The minimum absolute atomic E-state index is 0.284. The molecule has 0 spiro atoms. The first-order valence-corrected chi connectivity index (χ1v) is 14.5. The van der Waals surface area contributed by atoms with Gasteiger partial charge in [-0.2, -0.15) is 0 Å². The van der Waals surface area contributed by atoms with Crippen LogP contribution < -0.4 is 4.72 Å². The van der Waals surface area contributed by atoms with Gasteiger partial charge in [0.2, 0.25) is 10.0 Å². The van der Waals surface area contributed by atoms with Crippen molar-refractivity contribution in [2.24, 2.45) is 0 Å². The second-order valence-corrected chi connectivity index (χ2v) is 12.2. The van der Waals surface area contributed by atoms with Gasteiger partial charge in [0.25, 0.3) is 5.91 Å². The van der Waals surface area contributed by atoms with Crippen molar-refractivity contribution >= 4 is 48.8 Å². The molecule has 9 heteroatoms. The number of amides is 1. The molecule has 1 fully saturated rings. The molecule has 0 unspecified atom stereocenters. The van der Waals surface area contributed by atoms with Gasteiger partial charge in [-0.1, -0.05) is 18.2 Å². The fraction of sp³-hybridized carbons (Fsp3) is 0.310. The number of nitrogens with one attached hydrogen (secondary N) is 1. The lowest BCUT2D eigenvalue weighted by molar-refractivity contribution is 0.0981. The van der Waals surface area contributed by atoms with E-state index in [0.29, 0.717) is 18.4 Å². The number of hydrogen-bond donors (Lipinski definition) is 1. The third kappa shape index (κ3) is 4.25. The molecule has 8 nitrogen and oxygen atoms in total. The molecule has 1 N–H and O–H groups in total. The SMILES string of the molecule is CCn1c2ccccc2c2cc(-c3nc4cc(C(=O)NS(=O)(=O)C5CC5)ccc4n3CCN(C)C)ccc21. The average molecular weight is 530 g/mol. The first-order valence-electron chi connectivity index (χ1n) is 13.0. The molecule has 3 aromatic carbocycles. The summed E-state index contributed by atoms with van der Waals surface area (Å²) in [7, 11) is 0.446. The number of para-hydroxylation sites is 1. The molecule has 196 valence electrons. The molecule has 1 aliphatic rings. The zero-order valence-corrected chi connectivity index (χ0v) is 22.6. The molecule has 1 aliphatic carbocycles. The highest BCUT2D eigenvalue weighted by molar-refractivity contribution is 7.91. The lowest BCUT2D eigenvalue weighted by Crippen LogP contribution is -2.33. The first kappa shape index (κ1) is 24.6. The Morgan fingerprint density at radius 3 is 2.45 bits per heavy atom. The van der Waals surface area contributed by atoms with Gasteiger partial charge in [0.05, 0.1) is 16.3 Å². The predicted octanol–water partition coefficient (Wildman–Crippen LogP) is 4.61. The lowest BCUT2D eigenvalue weighted by Gasteiger charge is -2.14. The van der Waals surface area contributed by atoms with Crippen molar-refractivity contribution in [1.29, 1.82) is 0 Å². The Morgan fingerprint density at radius 1 is 0.974 bits per heavy atom. The molecule has 2 heterocycles. The van der Waals surface area contributed by atoms with Crippen molar-refractivity contribution in [3.63, 3.8) is 0 Å². The minimum Gasteiger partial charge on any atom is -0.341 e. The van der Waals surface area contributed by atoms with Crippen molar-refractivity contribution in [2.45, 2.75) is 38.1 Å². The van der Waals surface area contributed by atoms with Crippen molar-refractivity contribution in [3.05, 3.63) is 66.2 Å².